The van der Waals surface area contributed by atoms with Crippen LogP contribution in [0.15, 0.2) is 0 Å². The second-order valence-corrected chi connectivity index (χ2v) is 3.87. The Morgan fingerprint density at radius 1 is 1.38 bits per heavy atom. The summed E-state index contributed by atoms with van der Waals surface area (Å²) in [6.07, 6.45) is 0. The Labute approximate surface area is 80.7 Å². The van der Waals surface area contributed by atoms with Gasteiger partial charge < -0.3 is 15.5 Å². The van der Waals surface area contributed by atoms with Crippen LogP contribution in [-0.2, 0) is 0 Å². The van der Waals surface area contributed by atoms with E-state index in [9.17, 15) is 4.79 Å². The van der Waals surface area contributed by atoms with Crippen molar-refractivity contribution >= 4 is 6.03 Å². The summed E-state index contributed by atoms with van der Waals surface area (Å²) in [7, 11) is 3.56. The van der Waals surface area contributed by atoms with Crippen LogP contribution in [0.5, 0.6) is 0 Å². The lowest BCUT2D eigenvalue weighted by molar-refractivity contribution is 0.131. The molecule has 0 aromatic rings. The summed E-state index contributed by atoms with van der Waals surface area (Å²) in [6.45, 7) is 7.03. The third kappa shape index (κ3) is 2.88. The molecule has 13 heavy (non-hydrogen) atoms. The summed E-state index contributed by atoms with van der Waals surface area (Å²) >= 11 is 0. The van der Waals surface area contributed by atoms with Crippen LogP contribution in [0.2, 0.25) is 0 Å². The van der Waals surface area contributed by atoms with Crippen molar-refractivity contribution in [1.82, 2.24) is 9.80 Å². The van der Waals surface area contributed by atoms with Gasteiger partial charge in [-0.3, -0.25) is 0 Å². The Bertz CT molecular complexity index is 180. The summed E-state index contributed by atoms with van der Waals surface area (Å²) in [5.74, 6) is 0. The Morgan fingerprint density at radius 3 is 2.15 bits per heavy atom. The van der Waals surface area contributed by atoms with Crippen molar-refractivity contribution in [2.45, 2.75) is 26.3 Å². The van der Waals surface area contributed by atoms with Gasteiger partial charge in [-0.25, -0.2) is 4.79 Å². The molecule has 4 nitrogen and oxygen atoms in total. The maximum atomic E-state index is 11.7. The van der Waals surface area contributed by atoms with Crippen LogP contribution >= 0.6 is 0 Å². The zero-order valence-electron chi connectivity index (χ0n) is 9.29. The molecule has 0 saturated heterocycles. The van der Waals surface area contributed by atoms with E-state index in [4.69, 9.17) is 5.73 Å². The average molecular weight is 187 g/mol. The molecular formula is C9H21N3O. The fraction of sp³-hybridized carbons (Fsp3) is 0.889. The summed E-state index contributed by atoms with van der Waals surface area (Å²) in [6, 6.07) is 0.0120. The molecule has 0 rings (SSSR count). The highest BCUT2D eigenvalue weighted by Crippen LogP contribution is 2.11. The zero-order chi connectivity index (χ0) is 10.6. The number of rotatable bonds is 3. The minimum Gasteiger partial charge on any atom is -0.328 e. The van der Waals surface area contributed by atoms with Crippen LogP contribution in [-0.4, -0.2) is 48.6 Å². The molecule has 78 valence electrons. The van der Waals surface area contributed by atoms with Crippen molar-refractivity contribution in [2.75, 3.05) is 27.2 Å². The van der Waals surface area contributed by atoms with Crippen molar-refractivity contribution in [3.63, 3.8) is 0 Å². The SMILES string of the molecule is CCN(C)C(=O)N(C)C(C)(C)CN. The second kappa shape index (κ2) is 4.46. The Morgan fingerprint density at radius 2 is 1.85 bits per heavy atom. The van der Waals surface area contributed by atoms with Gasteiger partial charge in [-0.2, -0.15) is 0 Å². The van der Waals surface area contributed by atoms with Crippen LogP contribution in [0.25, 0.3) is 0 Å². The van der Waals surface area contributed by atoms with Gasteiger partial charge in [-0.15, -0.1) is 0 Å². The maximum absolute atomic E-state index is 11.7. The molecule has 0 heterocycles. The third-order valence-electron chi connectivity index (χ3n) is 2.50. The van der Waals surface area contributed by atoms with E-state index in [-0.39, 0.29) is 11.6 Å². The first-order valence-corrected chi connectivity index (χ1v) is 4.55. The van der Waals surface area contributed by atoms with Crippen LogP contribution in [0.1, 0.15) is 20.8 Å². The second-order valence-electron chi connectivity index (χ2n) is 3.87. The average Bonchev–Trinajstić information content (AvgIpc) is 2.14. The molecule has 0 unspecified atom stereocenters. The number of nitrogens with two attached hydrogens (primary N) is 1. The molecule has 0 fully saturated rings. The largest absolute Gasteiger partial charge is 0.328 e. The van der Waals surface area contributed by atoms with Crippen LogP contribution < -0.4 is 5.73 Å². The van der Waals surface area contributed by atoms with Gasteiger partial charge in [0.2, 0.25) is 0 Å². The van der Waals surface area contributed by atoms with Gasteiger partial charge in [0.15, 0.2) is 0 Å². The van der Waals surface area contributed by atoms with Gasteiger partial charge in [0.05, 0.1) is 5.54 Å². The summed E-state index contributed by atoms with van der Waals surface area (Å²) < 4.78 is 0. The fourth-order valence-corrected chi connectivity index (χ4v) is 0.787. The molecule has 0 aliphatic carbocycles. The molecule has 4 heteroatoms. The van der Waals surface area contributed by atoms with E-state index in [1.807, 2.05) is 20.8 Å². The molecule has 0 aliphatic rings. The van der Waals surface area contributed by atoms with Crippen molar-refractivity contribution in [2.24, 2.45) is 5.73 Å². The first-order valence-electron chi connectivity index (χ1n) is 4.55. The Hall–Kier alpha value is -0.770. The van der Waals surface area contributed by atoms with Gasteiger partial charge in [0.1, 0.15) is 0 Å². The predicted molar refractivity (Wildman–Crippen MR) is 54.6 cm³/mol. The summed E-state index contributed by atoms with van der Waals surface area (Å²) in [4.78, 5) is 15.0. The molecule has 0 radical (unpaired) electrons. The number of hydrogen-bond donors (Lipinski definition) is 1. The van der Waals surface area contributed by atoms with E-state index in [0.717, 1.165) is 0 Å². The molecule has 0 spiro atoms. The first kappa shape index (κ1) is 12.2. The number of likely N-dealkylation sites (N-methyl/N-ethyl adjacent to an activating group) is 1. The van der Waals surface area contributed by atoms with Gasteiger partial charge in [0.25, 0.3) is 0 Å². The molecule has 0 bridgehead atoms. The van der Waals surface area contributed by atoms with E-state index < -0.39 is 0 Å². The van der Waals surface area contributed by atoms with Gasteiger partial charge in [0, 0.05) is 27.2 Å². The minimum atomic E-state index is -0.277. The highest BCUT2D eigenvalue weighted by molar-refractivity contribution is 5.74. The van der Waals surface area contributed by atoms with Crippen LogP contribution in [0, 0.1) is 0 Å². The normalized spacial score (nSPS) is 11.2. The van der Waals surface area contributed by atoms with Gasteiger partial charge in [-0.1, -0.05) is 0 Å². The number of nitrogens with zero attached hydrogens (tertiary/aromatic N) is 2. The summed E-state index contributed by atoms with van der Waals surface area (Å²) in [5, 5.41) is 0. The fourth-order valence-electron chi connectivity index (χ4n) is 0.787. The van der Waals surface area contributed by atoms with E-state index in [2.05, 4.69) is 0 Å². The third-order valence-corrected chi connectivity index (χ3v) is 2.50. The van der Waals surface area contributed by atoms with Crippen molar-refractivity contribution in [3.8, 4) is 0 Å². The molecular weight excluding hydrogens is 166 g/mol. The van der Waals surface area contributed by atoms with Crippen molar-refractivity contribution < 1.29 is 4.79 Å². The quantitative estimate of drug-likeness (QED) is 0.708. The van der Waals surface area contributed by atoms with Crippen LogP contribution in [0.3, 0.4) is 0 Å². The topological polar surface area (TPSA) is 49.6 Å². The van der Waals surface area contributed by atoms with Gasteiger partial charge in [-0.05, 0) is 20.8 Å². The standard InChI is InChI=1S/C9H21N3O/c1-6-11(4)8(13)12(5)9(2,3)7-10/h6-7,10H2,1-5H3. The molecule has 2 N–H and O–H groups in total. The van der Waals surface area contributed by atoms with Gasteiger partial charge >= 0.3 is 6.03 Å². The van der Waals surface area contributed by atoms with E-state index in [0.29, 0.717) is 13.1 Å². The highest BCUT2D eigenvalue weighted by Gasteiger charge is 2.27. The smallest absolute Gasteiger partial charge is 0.319 e. The number of urea groups is 1. The molecule has 0 atom stereocenters. The molecule has 0 aromatic carbocycles. The monoisotopic (exact) mass is 187 g/mol. The Kier molecular flexibility index (Phi) is 4.20. The molecule has 0 aliphatic heterocycles. The Balaban J connectivity index is 4.42. The lowest BCUT2D eigenvalue weighted by Gasteiger charge is -2.36. The molecule has 0 aromatic heterocycles. The molecule has 0 saturated carbocycles. The predicted octanol–water partition coefficient (Wildman–Crippen LogP) is 0.727. The van der Waals surface area contributed by atoms with Crippen molar-refractivity contribution in [1.29, 1.82) is 0 Å². The zero-order valence-corrected chi connectivity index (χ0v) is 9.29. The van der Waals surface area contributed by atoms with E-state index >= 15 is 0 Å². The number of carbonyl (C=O) groups is 1. The number of amides is 2. The van der Waals surface area contributed by atoms with Crippen LogP contribution in [0.4, 0.5) is 4.79 Å². The number of hydrogen-bond acceptors (Lipinski definition) is 2. The molecule has 2 amide bonds. The van der Waals surface area contributed by atoms with E-state index in [1.54, 1.807) is 23.9 Å². The van der Waals surface area contributed by atoms with E-state index in [1.165, 1.54) is 0 Å². The minimum absolute atomic E-state index is 0.0120. The highest BCUT2D eigenvalue weighted by atomic mass is 16.2. The summed E-state index contributed by atoms with van der Waals surface area (Å²) in [5.41, 5.74) is 5.30. The lowest BCUT2D eigenvalue weighted by Crippen LogP contribution is -2.53. The lowest BCUT2D eigenvalue weighted by atomic mass is 10.0. The van der Waals surface area contributed by atoms with Crippen molar-refractivity contribution in [3.05, 3.63) is 0 Å². The number of carbonyl (C=O) groups excluding carboxylic acids is 1. The maximum Gasteiger partial charge on any atom is 0.319 e. The first-order chi connectivity index (χ1) is 5.86.